The van der Waals surface area contributed by atoms with Crippen LogP contribution in [0.5, 0.6) is 5.75 Å². The second-order valence-corrected chi connectivity index (χ2v) is 11.4. The van der Waals surface area contributed by atoms with Gasteiger partial charge in [-0.1, -0.05) is 81.2 Å². The number of pyridine rings is 1. The van der Waals surface area contributed by atoms with E-state index < -0.39 is 0 Å². The first kappa shape index (κ1) is 25.8. The number of aryl methyl sites for hydroxylation is 1. The van der Waals surface area contributed by atoms with Crippen LogP contribution in [0.15, 0.2) is 76.8 Å². The van der Waals surface area contributed by atoms with Crippen LogP contribution in [0.4, 0.5) is 5.69 Å². The SMILES string of the molecule is COc1ccc2c(c1)c(/C=C/C=C1\Sc3ccccc3N1CCCCI)cc[n+]2CCCCI. The number of hydrogen-bond acceptors (Lipinski definition) is 3. The number of nitrogens with zero attached hydrogens (tertiary/aromatic N) is 2. The molecule has 0 saturated carbocycles. The van der Waals surface area contributed by atoms with Gasteiger partial charge in [0.05, 0.1) is 23.2 Å². The fraction of sp³-hybridized carbons (Fsp3) is 0.321. The number of para-hydroxylation sites is 1. The molecule has 0 saturated heterocycles. The van der Waals surface area contributed by atoms with E-state index in [1.807, 2.05) is 11.8 Å². The lowest BCUT2D eigenvalue weighted by Gasteiger charge is -2.20. The number of anilines is 1. The summed E-state index contributed by atoms with van der Waals surface area (Å²) in [4.78, 5) is 3.82. The van der Waals surface area contributed by atoms with E-state index >= 15 is 0 Å². The lowest BCUT2D eigenvalue weighted by atomic mass is 10.1. The Labute approximate surface area is 234 Å². The summed E-state index contributed by atoms with van der Waals surface area (Å²) in [6, 6.07) is 17.4. The number of hydrogen-bond donors (Lipinski definition) is 0. The number of unbranched alkanes of at least 4 members (excludes halogenated alkanes) is 2. The summed E-state index contributed by atoms with van der Waals surface area (Å²) in [6.07, 6.45) is 13.8. The number of aromatic nitrogens is 1. The molecule has 0 radical (unpaired) electrons. The van der Waals surface area contributed by atoms with E-state index in [0.29, 0.717) is 0 Å². The Hall–Kier alpha value is -1.26. The van der Waals surface area contributed by atoms with E-state index in [1.54, 1.807) is 7.11 Å². The lowest BCUT2D eigenvalue weighted by molar-refractivity contribution is -0.671. The maximum absolute atomic E-state index is 5.54. The van der Waals surface area contributed by atoms with Crippen LogP contribution in [0, 0.1) is 0 Å². The van der Waals surface area contributed by atoms with E-state index in [4.69, 9.17) is 4.74 Å². The zero-order valence-corrected chi connectivity index (χ0v) is 24.7. The number of allylic oxidation sites excluding steroid dienone is 2. The molecule has 0 N–H and O–H groups in total. The summed E-state index contributed by atoms with van der Waals surface area (Å²) in [6.45, 7) is 2.11. The number of thioether (sulfide) groups is 1. The Bertz CT molecular complexity index is 1180. The first-order chi connectivity index (χ1) is 16.7. The molecule has 0 fully saturated rings. The summed E-state index contributed by atoms with van der Waals surface area (Å²) in [5.74, 6) is 0.897. The summed E-state index contributed by atoms with van der Waals surface area (Å²) >= 11 is 6.80. The fourth-order valence-corrected chi connectivity index (χ4v) is 6.37. The van der Waals surface area contributed by atoms with E-state index in [0.717, 1.165) is 18.8 Å². The van der Waals surface area contributed by atoms with Crippen molar-refractivity contribution in [3.63, 3.8) is 0 Å². The summed E-state index contributed by atoms with van der Waals surface area (Å²) < 4.78 is 10.3. The number of rotatable bonds is 11. The maximum atomic E-state index is 5.54. The summed E-state index contributed by atoms with van der Waals surface area (Å²) in [5, 5.41) is 2.53. The molecule has 2 aromatic carbocycles. The molecule has 34 heavy (non-hydrogen) atoms. The van der Waals surface area contributed by atoms with Crippen molar-refractivity contribution in [1.29, 1.82) is 0 Å². The Balaban J connectivity index is 1.61. The maximum Gasteiger partial charge on any atom is 0.213 e. The third-order valence-electron chi connectivity index (χ3n) is 5.96. The molecule has 3 nitrogen and oxygen atoms in total. The molecule has 0 bridgehead atoms. The zero-order chi connectivity index (χ0) is 23.8. The number of fused-ring (bicyclic) bond motifs is 2. The highest BCUT2D eigenvalue weighted by atomic mass is 127. The van der Waals surface area contributed by atoms with Crippen LogP contribution in [0.2, 0.25) is 0 Å². The Kier molecular flexibility index (Phi) is 9.99. The fourth-order valence-electron chi connectivity index (χ4n) is 4.19. The van der Waals surface area contributed by atoms with E-state index in [1.165, 1.54) is 66.6 Å². The van der Waals surface area contributed by atoms with Gasteiger partial charge in [0.25, 0.3) is 0 Å². The molecular weight excluding hydrogens is 666 g/mol. The van der Waals surface area contributed by atoms with E-state index in [9.17, 15) is 0 Å². The van der Waals surface area contributed by atoms with Crippen molar-refractivity contribution in [2.45, 2.75) is 37.1 Å². The minimum atomic E-state index is 0.897. The molecule has 1 aliphatic heterocycles. The second-order valence-electron chi connectivity index (χ2n) is 8.23. The van der Waals surface area contributed by atoms with Crippen molar-refractivity contribution in [2.24, 2.45) is 0 Å². The number of ether oxygens (including phenoxy) is 1. The van der Waals surface area contributed by atoms with Crippen molar-refractivity contribution in [1.82, 2.24) is 0 Å². The molecule has 0 unspecified atom stereocenters. The average Bonchev–Trinajstić information content (AvgIpc) is 3.22. The van der Waals surface area contributed by atoms with Gasteiger partial charge in [-0.05, 0) is 64.0 Å². The summed E-state index contributed by atoms with van der Waals surface area (Å²) in [5.41, 5.74) is 3.81. The molecule has 0 aliphatic carbocycles. The molecule has 1 aromatic heterocycles. The minimum Gasteiger partial charge on any atom is -0.497 e. The highest BCUT2D eigenvalue weighted by molar-refractivity contribution is 14.1. The Morgan fingerprint density at radius 2 is 1.82 bits per heavy atom. The van der Waals surface area contributed by atoms with Gasteiger partial charge >= 0.3 is 0 Å². The molecule has 1 aliphatic rings. The highest BCUT2D eigenvalue weighted by Crippen LogP contribution is 2.45. The number of halogens is 2. The standard InChI is InChI=1S/C28H31I2N2OS/c1-33-23-13-14-25-24(21-23)22(15-20-31(25)18-6-4-16-29)9-8-12-28-32(19-7-5-17-30)26-10-2-3-11-27(26)34-28/h2-3,8-15,20-21H,4-7,16-19H2,1H3/q+1. The van der Waals surface area contributed by atoms with Crippen LogP contribution in [0.1, 0.15) is 31.2 Å². The average molecular weight is 697 g/mol. The van der Waals surface area contributed by atoms with Gasteiger partial charge in [-0.2, -0.15) is 4.57 Å². The largest absolute Gasteiger partial charge is 0.497 e. The molecule has 178 valence electrons. The van der Waals surface area contributed by atoms with Crippen LogP contribution >= 0.6 is 56.9 Å². The number of benzene rings is 2. The van der Waals surface area contributed by atoms with Gasteiger partial charge in [0.1, 0.15) is 12.3 Å². The predicted octanol–water partition coefficient (Wildman–Crippen LogP) is 8.03. The lowest BCUT2D eigenvalue weighted by Crippen LogP contribution is -2.34. The van der Waals surface area contributed by atoms with Crippen LogP contribution in [-0.2, 0) is 6.54 Å². The number of alkyl halides is 2. The Morgan fingerprint density at radius 3 is 2.65 bits per heavy atom. The normalized spacial score (nSPS) is 14.4. The van der Waals surface area contributed by atoms with Gasteiger partial charge < -0.3 is 9.64 Å². The van der Waals surface area contributed by atoms with E-state index in [2.05, 4.69) is 128 Å². The molecule has 2 heterocycles. The third-order valence-corrected chi connectivity index (χ3v) is 8.61. The van der Waals surface area contributed by atoms with Crippen LogP contribution in [0.3, 0.4) is 0 Å². The van der Waals surface area contributed by atoms with Crippen LogP contribution in [0.25, 0.3) is 17.0 Å². The third kappa shape index (κ3) is 6.29. The van der Waals surface area contributed by atoms with Gasteiger partial charge in [0.15, 0.2) is 6.20 Å². The van der Waals surface area contributed by atoms with Gasteiger partial charge in [0.2, 0.25) is 5.52 Å². The summed E-state index contributed by atoms with van der Waals surface area (Å²) in [7, 11) is 1.74. The molecule has 4 rings (SSSR count). The minimum absolute atomic E-state index is 0.897. The van der Waals surface area contributed by atoms with Gasteiger partial charge in [-0.25, -0.2) is 0 Å². The van der Waals surface area contributed by atoms with Crippen LogP contribution < -0.4 is 14.2 Å². The quantitative estimate of drug-likeness (QED) is 0.0875. The molecule has 0 spiro atoms. The first-order valence-electron chi connectivity index (χ1n) is 11.8. The molecular formula is C28H31I2N2OS+. The zero-order valence-electron chi connectivity index (χ0n) is 19.6. The van der Waals surface area contributed by atoms with Crippen molar-refractivity contribution >= 4 is 79.6 Å². The highest BCUT2D eigenvalue weighted by Gasteiger charge is 2.23. The van der Waals surface area contributed by atoms with E-state index in [-0.39, 0.29) is 0 Å². The van der Waals surface area contributed by atoms with Crippen molar-refractivity contribution in [3.05, 3.63) is 77.5 Å². The van der Waals surface area contributed by atoms with Gasteiger partial charge in [-0.3, -0.25) is 0 Å². The molecule has 6 heteroatoms. The van der Waals surface area contributed by atoms with Gasteiger partial charge in [0, 0.05) is 30.0 Å². The molecule has 3 aromatic rings. The van der Waals surface area contributed by atoms with Crippen molar-refractivity contribution < 1.29 is 9.30 Å². The first-order valence-corrected chi connectivity index (χ1v) is 15.7. The molecule has 0 amide bonds. The monoisotopic (exact) mass is 697 g/mol. The second kappa shape index (κ2) is 13.2. The van der Waals surface area contributed by atoms with Crippen molar-refractivity contribution in [2.75, 3.05) is 27.4 Å². The van der Waals surface area contributed by atoms with Gasteiger partial charge in [-0.15, -0.1) is 0 Å². The Morgan fingerprint density at radius 1 is 1.00 bits per heavy atom. The predicted molar refractivity (Wildman–Crippen MR) is 164 cm³/mol. The van der Waals surface area contributed by atoms with Crippen molar-refractivity contribution in [3.8, 4) is 5.75 Å². The topological polar surface area (TPSA) is 16.4 Å². The number of methoxy groups -OCH3 is 1. The smallest absolute Gasteiger partial charge is 0.213 e. The molecule has 0 atom stereocenters. The van der Waals surface area contributed by atoms with Crippen LogP contribution in [-0.4, -0.2) is 22.5 Å².